The number of halogens is 2. The number of aliphatic hydroxyl groups excluding tert-OH is 1. The molecule has 3 heteroatoms. The fraction of sp³-hybridized carbons (Fsp3) is 0.600. The van der Waals surface area contributed by atoms with Crippen molar-refractivity contribution in [3.05, 3.63) is 34.9 Å². The van der Waals surface area contributed by atoms with Crippen LogP contribution < -0.4 is 0 Å². The fourth-order valence-electron chi connectivity index (χ4n) is 3.06. The average Bonchev–Trinajstić information content (AvgIpc) is 2.62. The summed E-state index contributed by atoms with van der Waals surface area (Å²) in [5.41, 5.74) is 0.615. The van der Waals surface area contributed by atoms with Crippen LogP contribution in [0.25, 0.3) is 0 Å². The Morgan fingerprint density at radius 3 is 2.50 bits per heavy atom. The van der Waals surface area contributed by atoms with E-state index in [1.54, 1.807) is 6.92 Å². The Hall–Kier alpha value is -0.960. The van der Waals surface area contributed by atoms with E-state index in [1.807, 2.05) is 0 Å². The lowest BCUT2D eigenvalue weighted by molar-refractivity contribution is 0.0504. The maximum atomic E-state index is 13.8. The third-order valence-corrected chi connectivity index (χ3v) is 4.32. The number of aliphatic hydroxyl groups is 1. The average molecular weight is 254 g/mol. The van der Waals surface area contributed by atoms with Gasteiger partial charge in [0, 0.05) is 11.6 Å². The molecule has 0 heterocycles. The molecule has 0 amide bonds. The summed E-state index contributed by atoms with van der Waals surface area (Å²) in [7, 11) is 0. The van der Waals surface area contributed by atoms with E-state index in [0.717, 1.165) is 25.3 Å². The zero-order valence-electron chi connectivity index (χ0n) is 11.1. The molecule has 18 heavy (non-hydrogen) atoms. The van der Waals surface area contributed by atoms with Crippen molar-refractivity contribution in [3.63, 3.8) is 0 Å². The summed E-state index contributed by atoms with van der Waals surface area (Å²) in [4.78, 5) is 0. The van der Waals surface area contributed by atoms with Crippen molar-refractivity contribution in [2.75, 3.05) is 0 Å². The summed E-state index contributed by atoms with van der Waals surface area (Å²) in [6.07, 6.45) is 2.14. The quantitative estimate of drug-likeness (QED) is 0.841. The molecule has 1 fully saturated rings. The second-order valence-electron chi connectivity index (χ2n) is 6.06. The number of aryl methyl sites for hydroxylation is 1. The Balaban J connectivity index is 2.34. The van der Waals surface area contributed by atoms with E-state index >= 15 is 0 Å². The Morgan fingerprint density at radius 1 is 1.28 bits per heavy atom. The predicted molar refractivity (Wildman–Crippen MR) is 67.2 cm³/mol. The molecule has 100 valence electrons. The smallest absolute Gasteiger partial charge is 0.131 e. The van der Waals surface area contributed by atoms with E-state index in [2.05, 4.69) is 13.8 Å². The summed E-state index contributed by atoms with van der Waals surface area (Å²) in [5.74, 6) is -1.17. The Kier molecular flexibility index (Phi) is 3.45. The Bertz CT molecular complexity index is 454. The van der Waals surface area contributed by atoms with Gasteiger partial charge in [0.25, 0.3) is 0 Å². The highest BCUT2D eigenvalue weighted by Crippen LogP contribution is 2.49. The molecule has 1 nitrogen and oxygen atoms in total. The van der Waals surface area contributed by atoms with Crippen LogP contribution in [0.4, 0.5) is 8.78 Å². The van der Waals surface area contributed by atoms with Crippen molar-refractivity contribution in [3.8, 4) is 0 Å². The SMILES string of the molecule is Cc1cc(C(O)C2CCCC2(C)C)c(F)cc1F. The third-order valence-electron chi connectivity index (χ3n) is 4.32. The molecule has 1 aliphatic carbocycles. The molecule has 0 bridgehead atoms. The molecule has 1 aliphatic rings. The molecule has 2 unspecified atom stereocenters. The maximum Gasteiger partial charge on any atom is 0.131 e. The fourth-order valence-corrected chi connectivity index (χ4v) is 3.06. The number of rotatable bonds is 2. The Labute approximate surface area is 107 Å². The van der Waals surface area contributed by atoms with Crippen LogP contribution in [0, 0.1) is 29.9 Å². The second kappa shape index (κ2) is 4.61. The highest BCUT2D eigenvalue weighted by molar-refractivity contribution is 5.28. The van der Waals surface area contributed by atoms with Gasteiger partial charge in [-0.25, -0.2) is 8.78 Å². The highest BCUT2D eigenvalue weighted by atomic mass is 19.1. The van der Waals surface area contributed by atoms with Gasteiger partial charge in [-0.2, -0.15) is 0 Å². The zero-order chi connectivity index (χ0) is 13.5. The minimum atomic E-state index is -0.846. The molecule has 0 aliphatic heterocycles. The van der Waals surface area contributed by atoms with Crippen molar-refractivity contribution in [2.24, 2.45) is 11.3 Å². The molecule has 2 atom stereocenters. The van der Waals surface area contributed by atoms with Crippen molar-refractivity contribution in [1.29, 1.82) is 0 Å². The first-order valence-corrected chi connectivity index (χ1v) is 6.46. The minimum Gasteiger partial charge on any atom is -0.388 e. The standard InChI is InChI=1S/C15H20F2O/c1-9-7-10(13(17)8-12(9)16)14(18)11-5-4-6-15(11,2)3/h7-8,11,14,18H,4-6H2,1-3H3. The molecule has 1 N–H and O–H groups in total. The lowest BCUT2D eigenvalue weighted by atomic mass is 9.76. The van der Waals surface area contributed by atoms with E-state index in [1.165, 1.54) is 6.07 Å². The molecule has 0 radical (unpaired) electrons. The summed E-state index contributed by atoms with van der Waals surface area (Å²) >= 11 is 0. The van der Waals surface area contributed by atoms with E-state index in [4.69, 9.17) is 0 Å². The molecule has 0 spiro atoms. The molecule has 2 rings (SSSR count). The van der Waals surface area contributed by atoms with E-state index < -0.39 is 17.7 Å². The first-order valence-electron chi connectivity index (χ1n) is 6.46. The van der Waals surface area contributed by atoms with Crippen LogP contribution in [0.5, 0.6) is 0 Å². The molecular weight excluding hydrogens is 234 g/mol. The van der Waals surface area contributed by atoms with Gasteiger partial charge in [-0.1, -0.05) is 20.3 Å². The van der Waals surface area contributed by atoms with Crippen LogP contribution in [0.3, 0.4) is 0 Å². The van der Waals surface area contributed by atoms with Gasteiger partial charge in [-0.05, 0) is 42.7 Å². The van der Waals surface area contributed by atoms with Crippen molar-refractivity contribution in [2.45, 2.75) is 46.1 Å². The predicted octanol–water partition coefficient (Wildman–Crippen LogP) is 4.13. The van der Waals surface area contributed by atoms with E-state index in [-0.39, 0.29) is 16.9 Å². The zero-order valence-corrected chi connectivity index (χ0v) is 11.1. The van der Waals surface area contributed by atoms with Crippen LogP contribution in [0.1, 0.15) is 50.3 Å². The number of benzene rings is 1. The molecule has 1 aromatic carbocycles. The van der Waals surface area contributed by atoms with Crippen molar-refractivity contribution >= 4 is 0 Å². The maximum absolute atomic E-state index is 13.8. The summed E-state index contributed by atoms with van der Waals surface area (Å²) in [6, 6.07) is 2.31. The van der Waals surface area contributed by atoms with Gasteiger partial charge < -0.3 is 5.11 Å². The first-order chi connectivity index (χ1) is 8.33. The van der Waals surface area contributed by atoms with Gasteiger partial charge in [0.2, 0.25) is 0 Å². The van der Waals surface area contributed by atoms with Crippen molar-refractivity contribution < 1.29 is 13.9 Å². The highest BCUT2D eigenvalue weighted by Gasteiger charge is 2.40. The van der Waals surface area contributed by atoms with Gasteiger partial charge in [-0.15, -0.1) is 0 Å². The Morgan fingerprint density at radius 2 is 1.94 bits per heavy atom. The summed E-state index contributed by atoms with van der Waals surface area (Å²) in [6.45, 7) is 5.79. The summed E-state index contributed by atoms with van der Waals surface area (Å²) in [5, 5.41) is 10.4. The van der Waals surface area contributed by atoms with Crippen LogP contribution in [-0.4, -0.2) is 5.11 Å². The van der Waals surface area contributed by atoms with Crippen LogP contribution >= 0.6 is 0 Å². The molecule has 1 aromatic rings. The lowest BCUT2D eigenvalue weighted by Crippen LogP contribution is -2.25. The minimum absolute atomic E-state index is 0.00808. The lowest BCUT2D eigenvalue weighted by Gasteiger charge is -2.31. The van der Waals surface area contributed by atoms with Crippen LogP contribution in [0.15, 0.2) is 12.1 Å². The summed E-state index contributed by atoms with van der Waals surface area (Å²) < 4.78 is 27.0. The van der Waals surface area contributed by atoms with Gasteiger partial charge in [0.15, 0.2) is 0 Å². The molecular formula is C15H20F2O. The van der Waals surface area contributed by atoms with Crippen LogP contribution in [-0.2, 0) is 0 Å². The monoisotopic (exact) mass is 254 g/mol. The van der Waals surface area contributed by atoms with Crippen LogP contribution in [0.2, 0.25) is 0 Å². The number of hydrogen-bond acceptors (Lipinski definition) is 1. The molecule has 1 saturated carbocycles. The van der Waals surface area contributed by atoms with E-state index in [0.29, 0.717) is 5.56 Å². The van der Waals surface area contributed by atoms with Crippen molar-refractivity contribution in [1.82, 2.24) is 0 Å². The number of hydrogen-bond donors (Lipinski definition) is 1. The first kappa shape index (κ1) is 13.5. The second-order valence-corrected chi connectivity index (χ2v) is 6.06. The topological polar surface area (TPSA) is 20.2 Å². The van der Waals surface area contributed by atoms with Gasteiger partial charge in [-0.3, -0.25) is 0 Å². The largest absolute Gasteiger partial charge is 0.388 e. The van der Waals surface area contributed by atoms with E-state index in [9.17, 15) is 13.9 Å². The molecule has 0 saturated heterocycles. The normalized spacial score (nSPS) is 24.2. The van der Waals surface area contributed by atoms with Gasteiger partial charge >= 0.3 is 0 Å². The van der Waals surface area contributed by atoms with Gasteiger partial charge in [0.05, 0.1) is 6.10 Å². The van der Waals surface area contributed by atoms with Gasteiger partial charge in [0.1, 0.15) is 11.6 Å². The molecule has 0 aromatic heterocycles. The third kappa shape index (κ3) is 2.28.